The van der Waals surface area contributed by atoms with Crippen LogP contribution in [0.3, 0.4) is 0 Å². The molecule has 1 aromatic rings. The number of rotatable bonds is 4. The summed E-state index contributed by atoms with van der Waals surface area (Å²) < 4.78 is 2.23. The number of aliphatic hydroxyl groups excluding tert-OH is 1. The summed E-state index contributed by atoms with van der Waals surface area (Å²) in [6.07, 6.45) is 3.07. The normalized spacial score (nSPS) is 24.5. The molecule has 0 aromatic carbocycles. The Morgan fingerprint density at radius 2 is 2.18 bits per heavy atom. The second-order valence-electron chi connectivity index (χ2n) is 5.42. The first-order valence-corrected chi connectivity index (χ1v) is 6.58. The van der Waals surface area contributed by atoms with E-state index in [1.165, 1.54) is 23.4 Å². The van der Waals surface area contributed by atoms with Gasteiger partial charge in [-0.25, -0.2) is 0 Å². The van der Waals surface area contributed by atoms with Crippen LogP contribution in [0.1, 0.15) is 36.2 Å². The number of aliphatic hydroxyl groups is 1. The quantitative estimate of drug-likeness (QED) is 0.837. The van der Waals surface area contributed by atoms with Crippen LogP contribution in [0.15, 0.2) is 6.07 Å². The van der Waals surface area contributed by atoms with Crippen LogP contribution in [-0.4, -0.2) is 22.3 Å². The largest absolute Gasteiger partial charge is 0.393 e. The summed E-state index contributed by atoms with van der Waals surface area (Å²) >= 11 is 0. The minimum Gasteiger partial charge on any atom is -0.393 e. The fraction of sp³-hybridized carbons (Fsp3) is 0.714. The summed E-state index contributed by atoms with van der Waals surface area (Å²) in [5, 5.41) is 13.0. The molecule has 1 aliphatic carbocycles. The smallest absolute Gasteiger partial charge is 0.0543 e. The van der Waals surface area contributed by atoms with Crippen LogP contribution >= 0.6 is 0 Å². The third-order valence-electron chi connectivity index (χ3n) is 4.14. The summed E-state index contributed by atoms with van der Waals surface area (Å²) in [5.74, 6) is 0.662. The molecule has 1 fully saturated rings. The summed E-state index contributed by atoms with van der Waals surface area (Å²) in [7, 11) is 2.11. The molecule has 2 N–H and O–H groups in total. The van der Waals surface area contributed by atoms with Crippen molar-refractivity contribution in [3.8, 4) is 0 Å². The summed E-state index contributed by atoms with van der Waals surface area (Å²) in [4.78, 5) is 0. The van der Waals surface area contributed by atoms with Crippen molar-refractivity contribution in [3.05, 3.63) is 23.0 Å². The van der Waals surface area contributed by atoms with Gasteiger partial charge in [0, 0.05) is 25.0 Å². The Bertz CT molecular complexity index is 384. The molecular formula is C14H24N2O. The lowest BCUT2D eigenvalue weighted by atomic mass is 10.1. The van der Waals surface area contributed by atoms with Crippen molar-refractivity contribution in [2.24, 2.45) is 13.0 Å². The topological polar surface area (TPSA) is 37.2 Å². The predicted octanol–water partition coefficient (Wildman–Crippen LogP) is 1.89. The van der Waals surface area contributed by atoms with Gasteiger partial charge in [-0.05, 0) is 57.2 Å². The number of aromatic nitrogens is 1. The maximum Gasteiger partial charge on any atom is 0.0543 e. The fourth-order valence-corrected chi connectivity index (χ4v) is 2.76. The van der Waals surface area contributed by atoms with E-state index in [0.717, 1.165) is 25.9 Å². The van der Waals surface area contributed by atoms with Gasteiger partial charge in [-0.1, -0.05) is 0 Å². The van der Waals surface area contributed by atoms with Crippen LogP contribution in [0, 0.1) is 19.8 Å². The molecule has 1 aromatic heterocycles. The van der Waals surface area contributed by atoms with E-state index in [1.807, 2.05) is 0 Å². The SMILES string of the molecule is Cc1cc(CNCC2CCC(O)C2)c(C)n1C. The van der Waals surface area contributed by atoms with Gasteiger partial charge in [0.2, 0.25) is 0 Å². The van der Waals surface area contributed by atoms with E-state index in [1.54, 1.807) is 0 Å². The van der Waals surface area contributed by atoms with Crippen molar-refractivity contribution in [2.75, 3.05) is 6.54 Å². The minimum absolute atomic E-state index is 0.0532. The minimum atomic E-state index is -0.0532. The Balaban J connectivity index is 1.80. The zero-order valence-corrected chi connectivity index (χ0v) is 11.2. The van der Waals surface area contributed by atoms with Gasteiger partial charge >= 0.3 is 0 Å². The number of hydrogen-bond donors (Lipinski definition) is 2. The summed E-state index contributed by atoms with van der Waals surface area (Å²) in [6.45, 7) is 6.29. The number of hydrogen-bond acceptors (Lipinski definition) is 2. The average Bonchev–Trinajstić information content (AvgIpc) is 2.80. The molecule has 0 radical (unpaired) electrons. The zero-order chi connectivity index (χ0) is 12.4. The van der Waals surface area contributed by atoms with Gasteiger partial charge in [0.1, 0.15) is 0 Å². The zero-order valence-electron chi connectivity index (χ0n) is 11.2. The average molecular weight is 236 g/mol. The van der Waals surface area contributed by atoms with Crippen molar-refractivity contribution in [1.82, 2.24) is 9.88 Å². The molecule has 0 aliphatic heterocycles. The Kier molecular flexibility index (Phi) is 3.89. The maximum absolute atomic E-state index is 9.47. The molecule has 0 saturated heterocycles. The van der Waals surface area contributed by atoms with E-state index in [-0.39, 0.29) is 6.10 Å². The molecule has 1 heterocycles. The summed E-state index contributed by atoms with van der Waals surface area (Å²) in [6, 6.07) is 2.26. The molecule has 96 valence electrons. The molecule has 2 atom stereocenters. The molecule has 0 amide bonds. The predicted molar refractivity (Wildman–Crippen MR) is 69.9 cm³/mol. The van der Waals surface area contributed by atoms with Gasteiger partial charge in [0.25, 0.3) is 0 Å². The van der Waals surface area contributed by atoms with E-state index < -0.39 is 0 Å². The molecule has 3 nitrogen and oxygen atoms in total. The molecule has 1 saturated carbocycles. The second kappa shape index (κ2) is 5.23. The Labute approximate surface area is 104 Å². The number of nitrogens with one attached hydrogen (secondary N) is 1. The molecule has 3 heteroatoms. The van der Waals surface area contributed by atoms with Crippen molar-refractivity contribution in [3.63, 3.8) is 0 Å². The van der Waals surface area contributed by atoms with Crippen LogP contribution in [0.2, 0.25) is 0 Å². The molecule has 0 bridgehead atoms. The van der Waals surface area contributed by atoms with Crippen molar-refractivity contribution in [2.45, 2.75) is 45.8 Å². The number of aryl methyl sites for hydroxylation is 1. The van der Waals surface area contributed by atoms with Gasteiger partial charge in [-0.2, -0.15) is 0 Å². The third kappa shape index (κ3) is 2.90. The van der Waals surface area contributed by atoms with E-state index in [2.05, 4.69) is 36.8 Å². The highest BCUT2D eigenvalue weighted by molar-refractivity contribution is 5.26. The first-order chi connectivity index (χ1) is 8.08. The van der Waals surface area contributed by atoms with Crippen molar-refractivity contribution >= 4 is 0 Å². The van der Waals surface area contributed by atoms with Gasteiger partial charge in [0.15, 0.2) is 0 Å². The lowest BCUT2D eigenvalue weighted by molar-refractivity contribution is 0.177. The molecule has 17 heavy (non-hydrogen) atoms. The monoisotopic (exact) mass is 236 g/mol. The van der Waals surface area contributed by atoms with Gasteiger partial charge < -0.3 is 15.0 Å². The Hall–Kier alpha value is -0.800. The number of nitrogens with zero attached hydrogens (tertiary/aromatic N) is 1. The molecule has 1 aliphatic rings. The lowest BCUT2D eigenvalue weighted by Crippen LogP contribution is -2.21. The molecular weight excluding hydrogens is 212 g/mol. The van der Waals surface area contributed by atoms with Gasteiger partial charge in [-0.3, -0.25) is 0 Å². The lowest BCUT2D eigenvalue weighted by Gasteiger charge is -2.10. The third-order valence-corrected chi connectivity index (χ3v) is 4.14. The molecule has 0 spiro atoms. The highest BCUT2D eigenvalue weighted by atomic mass is 16.3. The second-order valence-corrected chi connectivity index (χ2v) is 5.42. The first-order valence-electron chi connectivity index (χ1n) is 6.58. The standard InChI is InChI=1S/C14H24N2O/c1-10-6-13(11(2)16(10)3)9-15-8-12-4-5-14(17)7-12/h6,12,14-15,17H,4-5,7-9H2,1-3H3. The maximum atomic E-state index is 9.47. The molecule has 2 rings (SSSR count). The van der Waals surface area contributed by atoms with E-state index in [4.69, 9.17) is 0 Å². The van der Waals surface area contributed by atoms with Crippen molar-refractivity contribution in [1.29, 1.82) is 0 Å². The van der Waals surface area contributed by atoms with Gasteiger partial charge in [0.05, 0.1) is 6.10 Å². The van der Waals surface area contributed by atoms with Crippen LogP contribution < -0.4 is 5.32 Å². The van der Waals surface area contributed by atoms with Crippen LogP contribution in [0.4, 0.5) is 0 Å². The first kappa shape index (κ1) is 12.7. The van der Waals surface area contributed by atoms with E-state index >= 15 is 0 Å². The van der Waals surface area contributed by atoms with E-state index in [9.17, 15) is 5.11 Å². The fourth-order valence-electron chi connectivity index (χ4n) is 2.76. The highest BCUT2D eigenvalue weighted by Crippen LogP contribution is 2.24. The molecule has 2 unspecified atom stereocenters. The Morgan fingerprint density at radius 1 is 1.41 bits per heavy atom. The van der Waals surface area contributed by atoms with Gasteiger partial charge in [-0.15, -0.1) is 0 Å². The summed E-state index contributed by atoms with van der Waals surface area (Å²) in [5.41, 5.74) is 4.06. The van der Waals surface area contributed by atoms with E-state index in [0.29, 0.717) is 5.92 Å². The van der Waals surface area contributed by atoms with Crippen LogP contribution in [-0.2, 0) is 13.6 Å². The Morgan fingerprint density at radius 3 is 2.71 bits per heavy atom. The van der Waals surface area contributed by atoms with Crippen LogP contribution in [0.25, 0.3) is 0 Å². The van der Waals surface area contributed by atoms with Crippen molar-refractivity contribution < 1.29 is 5.11 Å². The van der Waals surface area contributed by atoms with Crippen LogP contribution in [0.5, 0.6) is 0 Å². The highest BCUT2D eigenvalue weighted by Gasteiger charge is 2.22.